The summed E-state index contributed by atoms with van der Waals surface area (Å²) in [5.74, 6) is -0.492. The van der Waals surface area contributed by atoms with Gasteiger partial charge < -0.3 is 20.6 Å². The van der Waals surface area contributed by atoms with E-state index in [9.17, 15) is 9.59 Å². The van der Waals surface area contributed by atoms with Crippen LogP contribution in [0.3, 0.4) is 0 Å². The van der Waals surface area contributed by atoms with E-state index in [1.165, 1.54) is 0 Å². The van der Waals surface area contributed by atoms with Crippen LogP contribution in [-0.2, 0) is 22.6 Å². The van der Waals surface area contributed by atoms with Crippen LogP contribution in [0.2, 0.25) is 0 Å². The number of benzene rings is 2. The van der Waals surface area contributed by atoms with E-state index >= 15 is 0 Å². The van der Waals surface area contributed by atoms with Gasteiger partial charge in [0.05, 0.1) is 29.2 Å². The van der Waals surface area contributed by atoms with Crippen molar-refractivity contribution in [3.63, 3.8) is 0 Å². The van der Waals surface area contributed by atoms with E-state index in [2.05, 4.69) is 22.3 Å². The number of aromatic nitrogens is 2. The zero-order valence-electron chi connectivity index (χ0n) is 20.1. The molecule has 1 amide bonds. The molecule has 8 heteroatoms. The number of primary amides is 1. The van der Waals surface area contributed by atoms with E-state index in [4.69, 9.17) is 15.6 Å². The van der Waals surface area contributed by atoms with Crippen LogP contribution in [0.15, 0.2) is 48.5 Å². The maximum atomic E-state index is 12.0. The summed E-state index contributed by atoms with van der Waals surface area (Å²) in [7, 11) is 1.66. The van der Waals surface area contributed by atoms with E-state index in [0.717, 1.165) is 40.9 Å². The zero-order chi connectivity index (χ0) is 24.5. The minimum Gasteiger partial charge on any atom is -0.385 e. The molecule has 0 unspecified atom stereocenters. The average molecular weight is 464 g/mol. The highest BCUT2D eigenvalue weighted by molar-refractivity contribution is 5.98. The molecule has 0 aliphatic rings. The molecule has 2 aromatic carbocycles. The van der Waals surface area contributed by atoms with E-state index in [-0.39, 0.29) is 0 Å². The number of carbonyl (C=O) groups is 2. The van der Waals surface area contributed by atoms with Crippen molar-refractivity contribution in [1.82, 2.24) is 14.7 Å². The maximum Gasteiger partial charge on any atom is 0.250 e. The third-order valence-corrected chi connectivity index (χ3v) is 5.79. The number of nitrogens with two attached hydrogens (primary N) is 1. The molecule has 0 radical (unpaired) electrons. The molecule has 0 saturated heterocycles. The molecule has 1 heterocycles. The summed E-state index contributed by atoms with van der Waals surface area (Å²) in [5.41, 5.74) is 11.6. The Bertz CT molecular complexity index is 1110. The summed E-state index contributed by atoms with van der Waals surface area (Å²) in [6.07, 6.45) is 1.72. The van der Waals surface area contributed by atoms with Gasteiger partial charge in [0.1, 0.15) is 6.29 Å². The monoisotopic (exact) mass is 463 g/mol. The number of rotatable bonds is 13. The predicted molar refractivity (Wildman–Crippen MR) is 133 cm³/mol. The van der Waals surface area contributed by atoms with Crippen molar-refractivity contribution in [2.24, 2.45) is 5.73 Å². The Morgan fingerprint density at radius 3 is 2.62 bits per heavy atom. The van der Waals surface area contributed by atoms with Crippen LogP contribution < -0.4 is 11.1 Å². The number of hydrogen-bond acceptors (Lipinski definition) is 6. The molecule has 3 rings (SSSR count). The minimum atomic E-state index is -0.492. The SMILES string of the molecule is COCCCNc1cc(-n2nc(C)c(C)c2CN(CC=O)Cc2ccccc2)ccc1C(N)=O. The Balaban J connectivity index is 1.93. The highest BCUT2D eigenvalue weighted by Crippen LogP contribution is 2.25. The van der Waals surface area contributed by atoms with Crippen LogP contribution in [0, 0.1) is 13.8 Å². The third-order valence-electron chi connectivity index (χ3n) is 5.79. The summed E-state index contributed by atoms with van der Waals surface area (Å²) in [6.45, 7) is 6.78. The molecule has 0 bridgehead atoms. The number of methoxy groups -OCH3 is 1. The number of hydrogen-bond donors (Lipinski definition) is 2. The quantitative estimate of drug-likeness (QED) is 0.298. The van der Waals surface area contributed by atoms with Gasteiger partial charge in [0.2, 0.25) is 0 Å². The van der Waals surface area contributed by atoms with Gasteiger partial charge in [-0.05, 0) is 49.6 Å². The normalized spacial score (nSPS) is 11.1. The fraction of sp³-hybridized carbons (Fsp3) is 0.346. The lowest BCUT2D eigenvalue weighted by atomic mass is 10.1. The lowest BCUT2D eigenvalue weighted by molar-refractivity contribution is -0.109. The van der Waals surface area contributed by atoms with Crippen LogP contribution in [0.5, 0.6) is 0 Å². The molecule has 34 heavy (non-hydrogen) atoms. The first-order chi connectivity index (χ1) is 16.4. The Labute approximate surface area is 200 Å². The van der Waals surface area contributed by atoms with Crippen molar-refractivity contribution in [1.29, 1.82) is 0 Å². The number of nitrogens with zero attached hydrogens (tertiary/aromatic N) is 3. The van der Waals surface area contributed by atoms with Gasteiger partial charge in [0.25, 0.3) is 5.91 Å². The van der Waals surface area contributed by atoms with Gasteiger partial charge in [-0.25, -0.2) is 4.68 Å². The van der Waals surface area contributed by atoms with Gasteiger partial charge >= 0.3 is 0 Å². The standard InChI is InChI=1S/C26H33N5O3/c1-19-20(2)29-31(25(19)18-30(13-14-32)17-21-8-5-4-6-9-21)22-10-11-23(26(27)33)24(16-22)28-12-7-15-34-3/h4-6,8-11,14,16,28H,7,12-13,15,17-18H2,1-3H3,(H2,27,33). The van der Waals surface area contributed by atoms with Gasteiger partial charge in [-0.1, -0.05) is 30.3 Å². The first-order valence-electron chi connectivity index (χ1n) is 11.4. The molecule has 0 atom stereocenters. The molecule has 0 fully saturated rings. The van der Waals surface area contributed by atoms with Crippen molar-refractivity contribution >= 4 is 17.9 Å². The van der Waals surface area contributed by atoms with Crippen molar-refractivity contribution in [3.05, 3.63) is 76.6 Å². The molecule has 1 aromatic heterocycles. The van der Waals surface area contributed by atoms with Crippen molar-refractivity contribution in [3.8, 4) is 5.69 Å². The minimum absolute atomic E-state index is 0.311. The lowest BCUT2D eigenvalue weighted by Gasteiger charge is -2.21. The number of ether oxygens (including phenoxy) is 1. The van der Waals surface area contributed by atoms with Gasteiger partial charge in [0.15, 0.2) is 0 Å². The Hall–Kier alpha value is -3.49. The van der Waals surface area contributed by atoms with Crippen molar-refractivity contribution < 1.29 is 14.3 Å². The Kier molecular flexibility index (Phi) is 8.95. The van der Waals surface area contributed by atoms with Crippen molar-refractivity contribution in [2.75, 3.05) is 32.1 Å². The van der Waals surface area contributed by atoms with E-state index in [0.29, 0.717) is 44.0 Å². The number of carbonyl (C=O) groups excluding carboxylic acids is 2. The molecule has 0 aliphatic heterocycles. The average Bonchev–Trinajstić information content (AvgIpc) is 3.11. The molecular formula is C26H33N5O3. The fourth-order valence-corrected chi connectivity index (χ4v) is 3.86. The number of aldehydes is 1. The summed E-state index contributed by atoms with van der Waals surface area (Å²) in [4.78, 5) is 25.5. The van der Waals surface area contributed by atoms with Crippen LogP contribution in [0.1, 0.15) is 39.3 Å². The summed E-state index contributed by atoms with van der Waals surface area (Å²) < 4.78 is 6.99. The van der Waals surface area contributed by atoms with Crippen LogP contribution in [-0.4, -0.2) is 53.7 Å². The second kappa shape index (κ2) is 12.1. The smallest absolute Gasteiger partial charge is 0.250 e. The molecule has 0 spiro atoms. The Morgan fingerprint density at radius 2 is 1.94 bits per heavy atom. The van der Waals surface area contributed by atoms with Crippen LogP contribution in [0.4, 0.5) is 5.69 Å². The molecular weight excluding hydrogens is 430 g/mol. The summed E-state index contributed by atoms with van der Waals surface area (Å²) in [6, 6.07) is 15.5. The summed E-state index contributed by atoms with van der Waals surface area (Å²) >= 11 is 0. The highest BCUT2D eigenvalue weighted by atomic mass is 16.5. The van der Waals surface area contributed by atoms with Crippen LogP contribution in [0.25, 0.3) is 5.69 Å². The van der Waals surface area contributed by atoms with E-state index < -0.39 is 5.91 Å². The number of anilines is 1. The van der Waals surface area contributed by atoms with Gasteiger partial charge in [-0.15, -0.1) is 0 Å². The highest BCUT2D eigenvalue weighted by Gasteiger charge is 2.18. The fourth-order valence-electron chi connectivity index (χ4n) is 3.86. The molecule has 180 valence electrons. The third kappa shape index (κ3) is 6.30. The topological polar surface area (TPSA) is 102 Å². The predicted octanol–water partition coefficient (Wildman–Crippen LogP) is 3.24. The summed E-state index contributed by atoms with van der Waals surface area (Å²) in [5, 5.41) is 8.06. The number of aryl methyl sites for hydroxylation is 1. The number of nitrogens with one attached hydrogen (secondary N) is 1. The van der Waals surface area contributed by atoms with Crippen molar-refractivity contribution in [2.45, 2.75) is 33.4 Å². The lowest BCUT2D eigenvalue weighted by Crippen LogP contribution is -2.26. The molecule has 3 aromatic rings. The molecule has 8 nitrogen and oxygen atoms in total. The number of amides is 1. The molecule has 0 saturated carbocycles. The first-order valence-corrected chi connectivity index (χ1v) is 11.4. The van der Waals surface area contributed by atoms with Gasteiger partial charge in [-0.3, -0.25) is 9.69 Å². The largest absolute Gasteiger partial charge is 0.385 e. The molecule has 0 aliphatic carbocycles. The second-order valence-corrected chi connectivity index (χ2v) is 8.26. The van der Waals surface area contributed by atoms with Gasteiger partial charge in [0, 0.05) is 39.0 Å². The van der Waals surface area contributed by atoms with E-state index in [1.807, 2.05) is 48.9 Å². The van der Waals surface area contributed by atoms with E-state index in [1.54, 1.807) is 13.2 Å². The van der Waals surface area contributed by atoms with Crippen LogP contribution >= 0.6 is 0 Å². The second-order valence-electron chi connectivity index (χ2n) is 8.26. The Morgan fingerprint density at radius 1 is 1.18 bits per heavy atom. The first kappa shape index (κ1) is 25.1. The maximum absolute atomic E-state index is 12.0. The van der Waals surface area contributed by atoms with Gasteiger partial charge in [-0.2, -0.15) is 5.10 Å². The zero-order valence-corrected chi connectivity index (χ0v) is 20.1. The molecule has 3 N–H and O–H groups in total.